The molecule has 0 spiro atoms. The predicted octanol–water partition coefficient (Wildman–Crippen LogP) is 2.57. The number of carbonyl (C=O) groups is 1. The second-order valence-corrected chi connectivity index (χ2v) is 5.74. The Morgan fingerprint density at radius 1 is 1.38 bits per heavy atom. The molecule has 0 aliphatic rings. The molecule has 1 heterocycles. The van der Waals surface area contributed by atoms with Crippen LogP contribution in [0.15, 0.2) is 34.9 Å². The molecule has 1 aromatic heterocycles. The van der Waals surface area contributed by atoms with Gasteiger partial charge in [-0.05, 0) is 12.1 Å². The van der Waals surface area contributed by atoms with Gasteiger partial charge >= 0.3 is 0 Å². The molecule has 0 aliphatic heterocycles. The van der Waals surface area contributed by atoms with Crippen molar-refractivity contribution in [3.63, 3.8) is 0 Å². The molecule has 0 saturated heterocycles. The molecule has 1 aromatic carbocycles. The van der Waals surface area contributed by atoms with Crippen molar-refractivity contribution in [3.05, 3.63) is 36.0 Å². The molecule has 1 amide bonds. The molecule has 2 aromatic rings. The van der Waals surface area contributed by atoms with Gasteiger partial charge in [0, 0.05) is 23.2 Å². The van der Waals surface area contributed by atoms with Gasteiger partial charge in [0.1, 0.15) is 5.75 Å². The summed E-state index contributed by atoms with van der Waals surface area (Å²) in [6.07, 6.45) is 0. The van der Waals surface area contributed by atoms with Crippen molar-refractivity contribution in [2.24, 2.45) is 0 Å². The zero-order valence-electron chi connectivity index (χ0n) is 12.3. The van der Waals surface area contributed by atoms with Crippen LogP contribution in [0.3, 0.4) is 0 Å². The van der Waals surface area contributed by atoms with E-state index in [0.717, 1.165) is 5.69 Å². The minimum atomic E-state index is -0.325. The summed E-state index contributed by atoms with van der Waals surface area (Å²) < 4.78 is 10.4. The topological polar surface area (TPSA) is 90.4 Å². The van der Waals surface area contributed by atoms with E-state index < -0.39 is 0 Å². The fourth-order valence-electron chi connectivity index (χ4n) is 1.61. The Morgan fingerprint density at radius 3 is 2.76 bits per heavy atom. The summed E-state index contributed by atoms with van der Waals surface area (Å²) in [4.78, 5) is 11.8. The summed E-state index contributed by atoms with van der Waals surface area (Å²) in [7, 11) is 0. The minimum absolute atomic E-state index is 0.130. The number of nitrogens with two attached hydrogens (primary N) is 1. The lowest BCUT2D eigenvalue weighted by atomic mass is 9.92. The number of nitrogens with one attached hydrogen (secondary N) is 1. The maximum atomic E-state index is 11.8. The van der Waals surface area contributed by atoms with Crippen LogP contribution >= 0.6 is 0 Å². The Labute approximate surface area is 123 Å². The smallest absolute Gasteiger partial charge is 0.264 e. The lowest BCUT2D eigenvalue weighted by molar-refractivity contribution is -0.118. The van der Waals surface area contributed by atoms with Gasteiger partial charge < -0.3 is 15.0 Å². The third-order valence-electron chi connectivity index (χ3n) is 2.77. The van der Waals surface area contributed by atoms with Crippen molar-refractivity contribution in [2.45, 2.75) is 26.2 Å². The molecule has 0 atom stereocenters. The molecule has 6 nitrogen and oxygen atoms in total. The standard InChI is InChI=1S/C15H19N3O3/c1-15(2,3)12-8-14(21-18-12)17-13(19)9-20-11-6-4-5-10(16)7-11/h4-8H,9,16H2,1-3H3,(H,17,19). The van der Waals surface area contributed by atoms with Gasteiger partial charge in [-0.2, -0.15) is 0 Å². The van der Waals surface area contributed by atoms with Crippen LogP contribution in [0, 0.1) is 0 Å². The van der Waals surface area contributed by atoms with Gasteiger partial charge in [0.05, 0.1) is 5.69 Å². The van der Waals surface area contributed by atoms with E-state index in [1.165, 1.54) is 0 Å². The molecule has 0 unspecified atom stereocenters. The van der Waals surface area contributed by atoms with Crippen molar-refractivity contribution >= 4 is 17.5 Å². The predicted molar refractivity (Wildman–Crippen MR) is 80.2 cm³/mol. The molecule has 0 bridgehead atoms. The number of nitrogens with zero attached hydrogens (tertiary/aromatic N) is 1. The molecule has 0 saturated carbocycles. The number of aromatic nitrogens is 1. The van der Waals surface area contributed by atoms with Crippen molar-refractivity contribution in [1.82, 2.24) is 5.16 Å². The Hall–Kier alpha value is -2.50. The van der Waals surface area contributed by atoms with Crippen LogP contribution < -0.4 is 15.8 Å². The zero-order chi connectivity index (χ0) is 15.5. The van der Waals surface area contributed by atoms with E-state index in [4.69, 9.17) is 15.0 Å². The number of amides is 1. The molecule has 112 valence electrons. The van der Waals surface area contributed by atoms with Gasteiger partial charge in [-0.3, -0.25) is 10.1 Å². The van der Waals surface area contributed by atoms with Gasteiger partial charge in [0.2, 0.25) is 5.88 Å². The fourth-order valence-corrected chi connectivity index (χ4v) is 1.61. The van der Waals surface area contributed by atoms with Crippen LogP contribution in [-0.4, -0.2) is 17.7 Å². The number of carbonyl (C=O) groups excluding carboxylic acids is 1. The number of benzene rings is 1. The first kappa shape index (κ1) is 14.9. The van der Waals surface area contributed by atoms with Crippen LogP contribution in [0.4, 0.5) is 11.6 Å². The first-order valence-corrected chi connectivity index (χ1v) is 6.60. The van der Waals surface area contributed by atoms with E-state index in [-0.39, 0.29) is 17.9 Å². The maximum Gasteiger partial charge on any atom is 0.264 e. The zero-order valence-corrected chi connectivity index (χ0v) is 12.3. The largest absolute Gasteiger partial charge is 0.484 e. The summed E-state index contributed by atoms with van der Waals surface area (Å²) in [5.74, 6) is 0.522. The van der Waals surface area contributed by atoms with E-state index in [2.05, 4.69) is 10.5 Å². The summed E-state index contributed by atoms with van der Waals surface area (Å²) in [6.45, 7) is 5.91. The van der Waals surface area contributed by atoms with Crippen LogP contribution in [0.25, 0.3) is 0 Å². The maximum absolute atomic E-state index is 11.8. The second kappa shape index (κ2) is 5.87. The number of anilines is 2. The monoisotopic (exact) mass is 289 g/mol. The summed E-state index contributed by atoms with van der Waals surface area (Å²) in [5.41, 5.74) is 6.85. The number of hydrogen-bond acceptors (Lipinski definition) is 5. The molecule has 0 radical (unpaired) electrons. The van der Waals surface area contributed by atoms with Crippen molar-refractivity contribution in [3.8, 4) is 5.75 Å². The van der Waals surface area contributed by atoms with Crippen LogP contribution in [0.1, 0.15) is 26.5 Å². The van der Waals surface area contributed by atoms with Gasteiger partial charge in [-0.25, -0.2) is 0 Å². The Kier molecular flexibility index (Phi) is 4.16. The highest BCUT2D eigenvalue weighted by Gasteiger charge is 2.19. The second-order valence-electron chi connectivity index (χ2n) is 5.74. The van der Waals surface area contributed by atoms with E-state index in [0.29, 0.717) is 17.3 Å². The molecular weight excluding hydrogens is 270 g/mol. The van der Waals surface area contributed by atoms with E-state index >= 15 is 0 Å². The first-order chi connectivity index (χ1) is 9.84. The quantitative estimate of drug-likeness (QED) is 0.844. The summed E-state index contributed by atoms with van der Waals surface area (Å²) in [6, 6.07) is 8.59. The molecule has 3 N–H and O–H groups in total. The molecule has 2 rings (SSSR count). The highest BCUT2D eigenvalue weighted by atomic mass is 16.5. The van der Waals surface area contributed by atoms with Crippen LogP contribution in [0.5, 0.6) is 5.75 Å². The number of ether oxygens (including phenoxy) is 1. The lowest BCUT2D eigenvalue weighted by Crippen LogP contribution is -2.20. The Bertz CT molecular complexity index is 629. The summed E-state index contributed by atoms with van der Waals surface area (Å²) in [5, 5.41) is 6.52. The van der Waals surface area contributed by atoms with Crippen LogP contribution in [-0.2, 0) is 10.2 Å². The van der Waals surface area contributed by atoms with E-state index in [1.54, 1.807) is 30.3 Å². The van der Waals surface area contributed by atoms with Gasteiger partial charge in [-0.1, -0.05) is 32.0 Å². The average Bonchev–Trinajstić information content (AvgIpc) is 2.85. The number of hydrogen-bond donors (Lipinski definition) is 2. The number of rotatable bonds is 4. The normalized spacial score (nSPS) is 11.2. The van der Waals surface area contributed by atoms with Gasteiger partial charge in [0.25, 0.3) is 5.91 Å². The van der Waals surface area contributed by atoms with Crippen LogP contribution in [0.2, 0.25) is 0 Å². The molecule has 0 aliphatic carbocycles. The van der Waals surface area contributed by atoms with Gasteiger partial charge in [-0.15, -0.1) is 0 Å². The molecule has 21 heavy (non-hydrogen) atoms. The van der Waals surface area contributed by atoms with Crippen molar-refractivity contribution in [2.75, 3.05) is 17.7 Å². The Balaban J connectivity index is 1.89. The molecule has 0 fully saturated rings. The summed E-state index contributed by atoms with van der Waals surface area (Å²) >= 11 is 0. The highest BCUT2D eigenvalue weighted by molar-refractivity contribution is 5.90. The third-order valence-corrected chi connectivity index (χ3v) is 2.77. The van der Waals surface area contributed by atoms with Crippen molar-refractivity contribution in [1.29, 1.82) is 0 Å². The van der Waals surface area contributed by atoms with Crippen molar-refractivity contribution < 1.29 is 14.1 Å². The highest BCUT2D eigenvalue weighted by Crippen LogP contribution is 2.23. The third kappa shape index (κ3) is 4.24. The van der Waals surface area contributed by atoms with Gasteiger partial charge in [0.15, 0.2) is 6.61 Å². The average molecular weight is 289 g/mol. The molecular formula is C15H19N3O3. The Morgan fingerprint density at radius 2 is 2.14 bits per heavy atom. The van der Waals surface area contributed by atoms with E-state index in [1.807, 2.05) is 20.8 Å². The molecule has 6 heteroatoms. The lowest BCUT2D eigenvalue weighted by Gasteiger charge is -2.12. The SMILES string of the molecule is CC(C)(C)c1cc(NC(=O)COc2cccc(N)c2)on1. The fraction of sp³-hybridized carbons (Fsp3) is 0.333. The number of nitrogen functional groups attached to an aromatic ring is 1. The minimum Gasteiger partial charge on any atom is -0.484 e. The first-order valence-electron chi connectivity index (χ1n) is 6.60. The van der Waals surface area contributed by atoms with E-state index in [9.17, 15) is 4.79 Å².